The average Bonchev–Trinajstić information content (AvgIpc) is 2.51. The molecule has 0 bridgehead atoms. The van der Waals surface area contributed by atoms with Crippen LogP contribution in [0.25, 0.3) is 0 Å². The predicted molar refractivity (Wildman–Crippen MR) is 51.4 cm³/mol. The maximum Gasteiger partial charge on any atom is 0.236 e. The van der Waals surface area contributed by atoms with E-state index in [4.69, 9.17) is 0 Å². The van der Waals surface area contributed by atoms with Crippen LogP contribution in [0.3, 0.4) is 0 Å². The number of hydrogen-bond donors (Lipinski definition) is 1. The fourth-order valence-electron chi connectivity index (χ4n) is 0.932. The van der Waals surface area contributed by atoms with Gasteiger partial charge in [0.15, 0.2) is 0 Å². The Kier molecular flexibility index (Phi) is 3.58. The fraction of sp³-hybridized carbons (Fsp3) is 0.625. The van der Waals surface area contributed by atoms with E-state index in [0.717, 1.165) is 5.69 Å². The highest BCUT2D eigenvalue weighted by atomic mass is 16.2. The number of amides is 1. The number of carbonyl (C=O) groups excluding carboxylic acids is 1. The summed E-state index contributed by atoms with van der Waals surface area (Å²) >= 11 is 0. The van der Waals surface area contributed by atoms with Crippen LogP contribution in [0.4, 0.5) is 0 Å². The highest BCUT2D eigenvalue weighted by Crippen LogP contribution is 1.89. The lowest BCUT2D eigenvalue weighted by Gasteiger charge is -2.09. The van der Waals surface area contributed by atoms with Crippen molar-refractivity contribution in [3.63, 3.8) is 0 Å². The zero-order chi connectivity index (χ0) is 10.6. The van der Waals surface area contributed by atoms with Gasteiger partial charge in [-0.1, -0.05) is 5.21 Å². The van der Waals surface area contributed by atoms with Gasteiger partial charge >= 0.3 is 0 Å². The first-order valence-electron chi connectivity index (χ1n) is 4.35. The summed E-state index contributed by atoms with van der Waals surface area (Å²) in [7, 11) is 5.26. The molecule has 0 saturated heterocycles. The van der Waals surface area contributed by atoms with Crippen molar-refractivity contribution in [2.24, 2.45) is 7.05 Å². The maximum atomic E-state index is 11.2. The lowest BCUT2D eigenvalue weighted by Crippen LogP contribution is -2.32. The monoisotopic (exact) mass is 197 g/mol. The average molecular weight is 197 g/mol. The Labute approximate surface area is 82.9 Å². The number of aryl methyl sites for hydroxylation is 1. The van der Waals surface area contributed by atoms with Gasteiger partial charge in [-0.15, -0.1) is 5.10 Å². The van der Waals surface area contributed by atoms with E-state index in [9.17, 15) is 4.79 Å². The largest absolute Gasteiger partial charge is 0.348 e. The van der Waals surface area contributed by atoms with Gasteiger partial charge in [-0.2, -0.15) is 0 Å². The van der Waals surface area contributed by atoms with Crippen molar-refractivity contribution in [1.82, 2.24) is 25.2 Å². The molecule has 0 atom stereocenters. The van der Waals surface area contributed by atoms with Gasteiger partial charge in [0.25, 0.3) is 0 Å². The Bertz CT molecular complexity index is 306. The van der Waals surface area contributed by atoms with Crippen LogP contribution in [0.15, 0.2) is 6.20 Å². The highest BCUT2D eigenvalue weighted by molar-refractivity contribution is 5.77. The molecule has 6 nitrogen and oxygen atoms in total. The second kappa shape index (κ2) is 4.71. The molecule has 0 spiro atoms. The molecule has 0 radical (unpaired) electrons. The normalized spacial score (nSPS) is 10.2. The minimum absolute atomic E-state index is 0.0499. The molecule has 0 aliphatic rings. The smallest absolute Gasteiger partial charge is 0.236 e. The van der Waals surface area contributed by atoms with Crippen molar-refractivity contribution >= 4 is 5.91 Å². The van der Waals surface area contributed by atoms with Gasteiger partial charge in [0.1, 0.15) is 0 Å². The summed E-state index contributed by atoms with van der Waals surface area (Å²) in [5, 5.41) is 10.7. The number of carbonyl (C=O) groups is 1. The minimum atomic E-state index is 0.0499. The van der Waals surface area contributed by atoms with Crippen LogP contribution in [-0.2, 0) is 18.4 Å². The lowest BCUT2D eigenvalue weighted by atomic mass is 10.4. The van der Waals surface area contributed by atoms with E-state index in [1.807, 2.05) is 13.2 Å². The van der Waals surface area contributed by atoms with Gasteiger partial charge in [0.05, 0.1) is 12.2 Å². The van der Waals surface area contributed by atoms with Gasteiger partial charge < -0.3 is 10.2 Å². The molecule has 1 aromatic rings. The standard InChI is InChI=1S/C8H15N5O/c1-12(2)8(14)5-9-4-7-6-13(3)11-10-7/h6,9H,4-5H2,1-3H3. The van der Waals surface area contributed by atoms with Gasteiger partial charge in [0, 0.05) is 33.9 Å². The zero-order valence-electron chi connectivity index (χ0n) is 8.69. The van der Waals surface area contributed by atoms with E-state index < -0.39 is 0 Å². The van der Waals surface area contributed by atoms with E-state index in [1.54, 1.807) is 23.7 Å². The van der Waals surface area contributed by atoms with Crippen LogP contribution < -0.4 is 5.32 Å². The summed E-state index contributed by atoms with van der Waals surface area (Å²) in [6, 6.07) is 0. The summed E-state index contributed by atoms with van der Waals surface area (Å²) in [5.41, 5.74) is 0.832. The van der Waals surface area contributed by atoms with Gasteiger partial charge in [0.2, 0.25) is 5.91 Å². The number of aromatic nitrogens is 3. The summed E-state index contributed by atoms with van der Waals surface area (Å²) in [6.07, 6.45) is 1.81. The zero-order valence-corrected chi connectivity index (χ0v) is 8.69. The molecule has 14 heavy (non-hydrogen) atoms. The first kappa shape index (κ1) is 10.6. The topological polar surface area (TPSA) is 63.1 Å². The Morgan fingerprint density at radius 1 is 1.64 bits per heavy atom. The first-order chi connectivity index (χ1) is 6.59. The lowest BCUT2D eigenvalue weighted by molar-refractivity contribution is -0.127. The molecule has 0 unspecified atom stereocenters. The third-order valence-corrected chi connectivity index (χ3v) is 1.73. The van der Waals surface area contributed by atoms with Gasteiger partial charge in [-0.05, 0) is 0 Å². The van der Waals surface area contributed by atoms with Crippen molar-refractivity contribution in [2.75, 3.05) is 20.6 Å². The Morgan fingerprint density at radius 3 is 2.86 bits per heavy atom. The maximum absolute atomic E-state index is 11.2. The highest BCUT2D eigenvalue weighted by Gasteiger charge is 2.03. The molecule has 1 amide bonds. The summed E-state index contributed by atoms with van der Waals surface area (Å²) < 4.78 is 1.63. The number of rotatable bonds is 4. The van der Waals surface area contributed by atoms with Gasteiger partial charge in [-0.3, -0.25) is 9.48 Å². The number of nitrogens with zero attached hydrogens (tertiary/aromatic N) is 4. The molecule has 1 heterocycles. The van der Waals surface area contributed by atoms with Gasteiger partial charge in [-0.25, -0.2) is 0 Å². The molecule has 6 heteroatoms. The SMILES string of the molecule is CN(C)C(=O)CNCc1cn(C)nn1. The molecule has 1 rings (SSSR count). The summed E-state index contributed by atoms with van der Waals surface area (Å²) in [6.45, 7) is 0.886. The molecule has 0 aliphatic carbocycles. The molecule has 78 valence electrons. The Hall–Kier alpha value is -1.43. The first-order valence-corrected chi connectivity index (χ1v) is 4.35. The van der Waals surface area contributed by atoms with E-state index >= 15 is 0 Å². The molecular formula is C8H15N5O. The second-order valence-electron chi connectivity index (χ2n) is 3.28. The van der Waals surface area contributed by atoms with Crippen LogP contribution in [0.2, 0.25) is 0 Å². The number of likely N-dealkylation sites (N-methyl/N-ethyl adjacent to an activating group) is 1. The number of hydrogen-bond acceptors (Lipinski definition) is 4. The Morgan fingerprint density at radius 2 is 2.36 bits per heavy atom. The van der Waals surface area contributed by atoms with E-state index in [0.29, 0.717) is 13.1 Å². The third kappa shape index (κ3) is 3.14. The Balaban J connectivity index is 2.25. The van der Waals surface area contributed by atoms with E-state index in [2.05, 4.69) is 15.6 Å². The van der Waals surface area contributed by atoms with Crippen LogP contribution in [-0.4, -0.2) is 46.4 Å². The molecule has 1 aromatic heterocycles. The predicted octanol–water partition coefficient (Wildman–Crippen LogP) is -1.01. The van der Waals surface area contributed by atoms with Crippen molar-refractivity contribution in [1.29, 1.82) is 0 Å². The van der Waals surface area contributed by atoms with Crippen molar-refractivity contribution in [3.8, 4) is 0 Å². The van der Waals surface area contributed by atoms with E-state index in [1.165, 1.54) is 0 Å². The van der Waals surface area contributed by atoms with Crippen LogP contribution in [0.5, 0.6) is 0 Å². The van der Waals surface area contributed by atoms with Crippen LogP contribution in [0.1, 0.15) is 5.69 Å². The van der Waals surface area contributed by atoms with Crippen molar-refractivity contribution in [3.05, 3.63) is 11.9 Å². The quantitative estimate of drug-likeness (QED) is 0.672. The molecule has 0 aliphatic heterocycles. The molecule has 0 fully saturated rings. The molecule has 0 saturated carbocycles. The second-order valence-corrected chi connectivity index (χ2v) is 3.28. The fourth-order valence-corrected chi connectivity index (χ4v) is 0.932. The summed E-state index contributed by atoms with van der Waals surface area (Å²) in [4.78, 5) is 12.7. The van der Waals surface area contributed by atoms with Crippen molar-refractivity contribution < 1.29 is 4.79 Å². The number of nitrogens with one attached hydrogen (secondary N) is 1. The molecule has 1 N–H and O–H groups in total. The molecule has 0 aromatic carbocycles. The summed E-state index contributed by atoms with van der Waals surface area (Å²) in [5.74, 6) is 0.0499. The minimum Gasteiger partial charge on any atom is -0.348 e. The third-order valence-electron chi connectivity index (χ3n) is 1.73. The van der Waals surface area contributed by atoms with E-state index in [-0.39, 0.29) is 5.91 Å². The molecular weight excluding hydrogens is 182 g/mol. The van der Waals surface area contributed by atoms with Crippen LogP contribution >= 0.6 is 0 Å². The van der Waals surface area contributed by atoms with Crippen molar-refractivity contribution in [2.45, 2.75) is 6.54 Å². The van der Waals surface area contributed by atoms with Crippen LogP contribution in [0, 0.1) is 0 Å².